The van der Waals surface area contributed by atoms with Crippen LogP contribution in [0.4, 0.5) is 11.7 Å². The highest BCUT2D eigenvalue weighted by Crippen LogP contribution is 2.36. The molecule has 0 saturated carbocycles. The summed E-state index contributed by atoms with van der Waals surface area (Å²) in [5, 5.41) is 9.80. The number of anilines is 2. The minimum Gasteiger partial charge on any atom is -0.381 e. The molecule has 5 nitrogen and oxygen atoms in total. The van der Waals surface area contributed by atoms with E-state index >= 15 is 0 Å². The summed E-state index contributed by atoms with van der Waals surface area (Å²) < 4.78 is 5.01. The van der Waals surface area contributed by atoms with Gasteiger partial charge >= 0.3 is 0 Å². The number of aromatic nitrogens is 1. The first kappa shape index (κ1) is 8.12. The first-order chi connectivity index (χ1) is 6.17. The molecule has 0 aromatic carbocycles. The Morgan fingerprint density at radius 2 is 2.46 bits per heavy atom. The third-order valence-electron chi connectivity index (χ3n) is 2.39. The van der Waals surface area contributed by atoms with Crippen LogP contribution in [0.25, 0.3) is 0 Å². The van der Waals surface area contributed by atoms with Crippen LogP contribution in [0.1, 0.15) is 12.5 Å². The molecule has 1 aliphatic heterocycles. The molecule has 1 aliphatic rings. The smallest absolute Gasteiger partial charge is 0.236 e. The van der Waals surface area contributed by atoms with Gasteiger partial charge in [-0.1, -0.05) is 5.16 Å². The van der Waals surface area contributed by atoms with E-state index in [4.69, 9.17) is 10.3 Å². The zero-order valence-electron chi connectivity index (χ0n) is 7.59. The number of nitrogen functional groups attached to an aromatic ring is 1. The van der Waals surface area contributed by atoms with Crippen molar-refractivity contribution in [3.8, 4) is 0 Å². The second-order valence-electron chi connectivity index (χ2n) is 3.20. The number of hydrogen-bond donors (Lipinski definition) is 3. The molecular weight excluding hydrogens is 168 g/mol. The van der Waals surface area contributed by atoms with E-state index in [2.05, 4.69) is 15.8 Å². The molecule has 0 spiro atoms. The van der Waals surface area contributed by atoms with Gasteiger partial charge in [0.1, 0.15) is 0 Å². The lowest BCUT2D eigenvalue weighted by Gasteiger charge is -2.27. The van der Waals surface area contributed by atoms with Crippen molar-refractivity contribution in [2.24, 2.45) is 0 Å². The first-order valence-corrected chi connectivity index (χ1v) is 4.06. The van der Waals surface area contributed by atoms with Gasteiger partial charge in [0.2, 0.25) is 5.88 Å². The molecule has 13 heavy (non-hydrogen) atoms. The van der Waals surface area contributed by atoms with Crippen molar-refractivity contribution < 1.29 is 4.52 Å². The van der Waals surface area contributed by atoms with Crippen LogP contribution in [0.5, 0.6) is 0 Å². The van der Waals surface area contributed by atoms with Crippen LogP contribution >= 0.6 is 0 Å². The lowest BCUT2D eigenvalue weighted by atomic mass is 9.92. The number of hydrogen-bond acceptors (Lipinski definition) is 5. The van der Waals surface area contributed by atoms with E-state index in [0.717, 1.165) is 5.56 Å². The number of nitrogens with one attached hydrogen (secondary N) is 2. The summed E-state index contributed by atoms with van der Waals surface area (Å²) in [5.74, 6) is 1.03. The van der Waals surface area contributed by atoms with E-state index in [9.17, 15) is 0 Å². The fourth-order valence-corrected chi connectivity index (χ4v) is 1.48. The van der Waals surface area contributed by atoms with Crippen molar-refractivity contribution in [1.82, 2.24) is 10.5 Å². The lowest BCUT2D eigenvalue weighted by Crippen LogP contribution is -2.37. The van der Waals surface area contributed by atoms with E-state index in [1.54, 1.807) is 0 Å². The Hall–Kier alpha value is -1.49. The van der Waals surface area contributed by atoms with Crippen LogP contribution in [-0.2, 0) is 5.54 Å². The third kappa shape index (κ3) is 1.01. The molecule has 1 aromatic heterocycles. The maximum atomic E-state index is 5.69. The minimum absolute atomic E-state index is 0.301. The normalized spacial score (nSPS) is 25.4. The lowest BCUT2D eigenvalue weighted by molar-refractivity contribution is 0.429. The second-order valence-corrected chi connectivity index (χ2v) is 3.20. The average molecular weight is 180 g/mol. The molecule has 0 amide bonds. The molecule has 0 radical (unpaired) electrons. The zero-order valence-corrected chi connectivity index (χ0v) is 7.59. The number of nitrogens with zero attached hydrogens (tertiary/aromatic N) is 1. The number of fused-ring (bicyclic) bond motifs is 1. The van der Waals surface area contributed by atoms with E-state index < -0.39 is 0 Å². The van der Waals surface area contributed by atoms with Crippen LogP contribution in [0.3, 0.4) is 0 Å². The van der Waals surface area contributed by atoms with Crippen molar-refractivity contribution in [2.75, 3.05) is 18.1 Å². The van der Waals surface area contributed by atoms with Gasteiger partial charge in [-0.05, 0) is 20.0 Å². The number of likely N-dealkylation sites (N-methyl/N-ethyl adjacent to an activating group) is 1. The molecule has 0 saturated heterocycles. The van der Waals surface area contributed by atoms with Crippen LogP contribution in [-0.4, -0.2) is 12.2 Å². The van der Waals surface area contributed by atoms with Gasteiger partial charge in [-0.15, -0.1) is 0 Å². The van der Waals surface area contributed by atoms with Gasteiger partial charge in [-0.25, -0.2) is 0 Å². The summed E-state index contributed by atoms with van der Waals surface area (Å²) in [6.45, 7) is 2.01. The van der Waals surface area contributed by atoms with E-state index in [1.807, 2.05) is 26.2 Å². The monoisotopic (exact) mass is 180 g/mol. The van der Waals surface area contributed by atoms with Gasteiger partial charge in [0.25, 0.3) is 0 Å². The van der Waals surface area contributed by atoms with Gasteiger partial charge in [0.05, 0.1) is 11.1 Å². The second kappa shape index (κ2) is 2.50. The molecule has 0 fully saturated rings. The highest BCUT2D eigenvalue weighted by Gasteiger charge is 2.33. The summed E-state index contributed by atoms with van der Waals surface area (Å²) in [7, 11) is 1.87. The first-order valence-electron chi connectivity index (χ1n) is 4.06. The minimum atomic E-state index is -0.301. The molecule has 1 unspecified atom stereocenters. The van der Waals surface area contributed by atoms with Gasteiger partial charge < -0.3 is 20.9 Å². The summed E-state index contributed by atoms with van der Waals surface area (Å²) in [5.41, 5.74) is 6.25. The molecule has 1 atom stereocenters. The summed E-state index contributed by atoms with van der Waals surface area (Å²) in [6.07, 6.45) is 3.78. The fourth-order valence-electron chi connectivity index (χ4n) is 1.48. The maximum absolute atomic E-state index is 5.69. The number of nitrogens with two attached hydrogens (primary N) is 1. The van der Waals surface area contributed by atoms with Crippen molar-refractivity contribution in [1.29, 1.82) is 0 Å². The molecule has 2 heterocycles. The van der Waals surface area contributed by atoms with Crippen molar-refractivity contribution >= 4 is 11.7 Å². The summed E-state index contributed by atoms with van der Waals surface area (Å²) >= 11 is 0. The predicted octanol–water partition coefficient (Wildman–Crippen LogP) is 0.631. The van der Waals surface area contributed by atoms with Crippen molar-refractivity contribution in [3.63, 3.8) is 0 Å². The Bertz CT molecular complexity index is 357. The molecule has 0 aliphatic carbocycles. The van der Waals surface area contributed by atoms with Crippen LogP contribution in [0, 0.1) is 0 Å². The standard InChI is InChI=1S/C8H12N4O/c1-8(10-2)3-4-11-7-5(8)6(9)12-13-7/h3-4,10-11H,1-2H3,(H2,9,12). The Labute approximate surface area is 76.0 Å². The highest BCUT2D eigenvalue weighted by molar-refractivity contribution is 5.62. The zero-order chi connectivity index (χ0) is 9.47. The third-order valence-corrected chi connectivity index (χ3v) is 2.39. The van der Waals surface area contributed by atoms with Crippen molar-refractivity contribution in [2.45, 2.75) is 12.5 Å². The van der Waals surface area contributed by atoms with Crippen LogP contribution in [0.15, 0.2) is 16.8 Å². The molecule has 70 valence electrons. The maximum Gasteiger partial charge on any atom is 0.236 e. The SMILES string of the molecule is CNC1(C)C=CNc2onc(N)c21. The fraction of sp³-hybridized carbons (Fsp3) is 0.375. The molecule has 0 bridgehead atoms. The Kier molecular flexibility index (Phi) is 1.56. The largest absolute Gasteiger partial charge is 0.381 e. The average Bonchev–Trinajstić information content (AvgIpc) is 2.50. The van der Waals surface area contributed by atoms with Gasteiger partial charge in [-0.2, -0.15) is 0 Å². The molecule has 5 heteroatoms. The van der Waals surface area contributed by atoms with E-state index in [-0.39, 0.29) is 5.54 Å². The summed E-state index contributed by atoms with van der Waals surface area (Å²) in [6, 6.07) is 0. The van der Waals surface area contributed by atoms with Gasteiger partial charge in [0, 0.05) is 6.20 Å². The Balaban J connectivity index is 2.58. The molecule has 1 aromatic rings. The predicted molar refractivity (Wildman–Crippen MR) is 50.1 cm³/mol. The molecule has 4 N–H and O–H groups in total. The van der Waals surface area contributed by atoms with Crippen molar-refractivity contribution in [3.05, 3.63) is 17.8 Å². The van der Waals surface area contributed by atoms with Gasteiger partial charge in [-0.3, -0.25) is 0 Å². The van der Waals surface area contributed by atoms with Gasteiger partial charge in [0.15, 0.2) is 5.82 Å². The summed E-state index contributed by atoms with van der Waals surface area (Å²) in [4.78, 5) is 0. The van der Waals surface area contributed by atoms with Crippen LogP contribution in [0.2, 0.25) is 0 Å². The topological polar surface area (TPSA) is 76.1 Å². The van der Waals surface area contributed by atoms with E-state index in [0.29, 0.717) is 11.7 Å². The Morgan fingerprint density at radius 1 is 1.69 bits per heavy atom. The highest BCUT2D eigenvalue weighted by atomic mass is 16.5. The van der Waals surface area contributed by atoms with Crippen LogP contribution < -0.4 is 16.4 Å². The Morgan fingerprint density at radius 3 is 3.15 bits per heavy atom. The quantitative estimate of drug-likeness (QED) is 0.591. The number of rotatable bonds is 1. The van der Waals surface area contributed by atoms with E-state index in [1.165, 1.54) is 0 Å². The molecular formula is C8H12N4O. The molecule has 2 rings (SSSR count).